The Balaban J connectivity index is 1.75. The van der Waals surface area contributed by atoms with Crippen LogP contribution in [-0.4, -0.2) is 38.8 Å². The lowest BCUT2D eigenvalue weighted by Crippen LogP contribution is -2.43. The van der Waals surface area contributed by atoms with Crippen molar-refractivity contribution in [3.05, 3.63) is 53.6 Å². The number of nitrogens with zero attached hydrogens (tertiary/aromatic N) is 1. The average molecular weight is 409 g/mol. The maximum atomic E-state index is 13.0. The topological polar surface area (TPSA) is 75.7 Å². The summed E-state index contributed by atoms with van der Waals surface area (Å²) in [6.45, 7) is 0.520. The predicted molar refractivity (Wildman–Crippen MR) is 105 cm³/mol. The minimum atomic E-state index is -3.74. The molecule has 2 aromatic carbocycles. The second-order valence-electron chi connectivity index (χ2n) is 6.35. The first-order valence-electron chi connectivity index (χ1n) is 8.61. The summed E-state index contributed by atoms with van der Waals surface area (Å²) in [5, 5.41) is 3.08. The highest BCUT2D eigenvalue weighted by molar-refractivity contribution is 7.89. The third-order valence-corrected chi connectivity index (χ3v) is 6.71. The Hall–Kier alpha value is -2.09. The molecule has 1 unspecified atom stereocenters. The molecule has 1 aliphatic rings. The summed E-state index contributed by atoms with van der Waals surface area (Å²) >= 11 is 6.07. The number of methoxy groups -OCH3 is 1. The highest BCUT2D eigenvalue weighted by Gasteiger charge is 2.33. The number of nitrogens with one attached hydrogen (secondary N) is 1. The lowest BCUT2D eigenvalue weighted by molar-refractivity contribution is -0.120. The normalized spacial score (nSPS) is 18.1. The maximum Gasteiger partial charge on any atom is 0.243 e. The molecule has 0 radical (unpaired) electrons. The van der Waals surface area contributed by atoms with E-state index in [1.165, 1.54) is 29.6 Å². The Morgan fingerprint density at radius 3 is 2.63 bits per heavy atom. The van der Waals surface area contributed by atoms with Gasteiger partial charge in [-0.2, -0.15) is 4.31 Å². The predicted octanol–water partition coefficient (Wildman–Crippen LogP) is 3.39. The number of anilines is 1. The van der Waals surface area contributed by atoms with Gasteiger partial charge in [-0.3, -0.25) is 4.79 Å². The molecule has 144 valence electrons. The number of carbonyl (C=O) groups is 1. The number of carbonyl (C=O) groups excluding carboxylic acids is 1. The van der Waals surface area contributed by atoms with Crippen molar-refractivity contribution in [3.63, 3.8) is 0 Å². The van der Waals surface area contributed by atoms with Crippen LogP contribution < -0.4 is 10.1 Å². The minimum absolute atomic E-state index is 0.0948. The summed E-state index contributed by atoms with van der Waals surface area (Å²) in [5.41, 5.74) is 0.699. The number of hydrogen-bond donors (Lipinski definition) is 1. The third kappa shape index (κ3) is 4.43. The van der Waals surface area contributed by atoms with Crippen molar-refractivity contribution in [2.24, 2.45) is 5.92 Å². The third-order valence-electron chi connectivity index (χ3n) is 4.56. The van der Waals surface area contributed by atoms with E-state index in [1.807, 2.05) is 18.2 Å². The number of hydrogen-bond acceptors (Lipinski definition) is 4. The van der Waals surface area contributed by atoms with Gasteiger partial charge in [-0.25, -0.2) is 8.42 Å². The van der Waals surface area contributed by atoms with E-state index in [9.17, 15) is 13.2 Å². The number of benzene rings is 2. The molecule has 6 nitrogen and oxygen atoms in total. The molecule has 1 N–H and O–H groups in total. The van der Waals surface area contributed by atoms with Gasteiger partial charge in [0.05, 0.1) is 22.9 Å². The quantitative estimate of drug-likeness (QED) is 0.822. The van der Waals surface area contributed by atoms with Crippen LogP contribution in [0.2, 0.25) is 5.02 Å². The molecule has 0 bridgehead atoms. The van der Waals surface area contributed by atoms with E-state index in [1.54, 1.807) is 12.1 Å². The zero-order chi connectivity index (χ0) is 19.4. The van der Waals surface area contributed by atoms with E-state index in [2.05, 4.69) is 5.32 Å². The second-order valence-corrected chi connectivity index (χ2v) is 8.70. The van der Waals surface area contributed by atoms with Crippen LogP contribution in [0.5, 0.6) is 5.75 Å². The summed E-state index contributed by atoms with van der Waals surface area (Å²) in [4.78, 5) is 12.6. The molecule has 0 spiro atoms. The van der Waals surface area contributed by atoms with Crippen molar-refractivity contribution >= 4 is 33.2 Å². The fraction of sp³-hybridized carbons (Fsp3) is 0.316. The number of amides is 1. The lowest BCUT2D eigenvalue weighted by atomic mass is 9.99. The van der Waals surface area contributed by atoms with Crippen LogP contribution >= 0.6 is 11.6 Å². The first-order chi connectivity index (χ1) is 12.9. The van der Waals surface area contributed by atoms with Gasteiger partial charge in [0.1, 0.15) is 5.75 Å². The smallest absolute Gasteiger partial charge is 0.243 e. The molecule has 1 atom stereocenters. The van der Waals surface area contributed by atoms with Crippen molar-refractivity contribution < 1.29 is 17.9 Å². The van der Waals surface area contributed by atoms with Crippen LogP contribution in [0.15, 0.2) is 53.4 Å². The van der Waals surface area contributed by atoms with E-state index in [0.717, 1.165) is 0 Å². The van der Waals surface area contributed by atoms with Gasteiger partial charge >= 0.3 is 0 Å². The van der Waals surface area contributed by atoms with Crippen LogP contribution in [-0.2, 0) is 14.8 Å². The van der Waals surface area contributed by atoms with Gasteiger partial charge in [-0.15, -0.1) is 0 Å². The summed E-state index contributed by atoms with van der Waals surface area (Å²) in [7, 11) is -2.27. The zero-order valence-electron chi connectivity index (χ0n) is 14.9. The Morgan fingerprint density at radius 2 is 1.96 bits per heavy atom. The fourth-order valence-electron chi connectivity index (χ4n) is 3.10. The number of sulfonamides is 1. The largest absolute Gasteiger partial charge is 0.495 e. The van der Waals surface area contributed by atoms with Crippen molar-refractivity contribution in [1.29, 1.82) is 0 Å². The molecule has 8 heteroatoms. The summed E-state index contributed by atoms with van der Waals surface area (Å²) in [5.74, 6) is -0.161. The molecule has 1 fully saturated rings. The molecule has 1 heterocycles. The minimum Gasteiger partial charge on any atom is -0.495 e. The van der Waals surface area contributed by atoms with Gasteiger partial charge < -0.3 is 10.1 Å². The van der Waals surface area contributed by atoms with Crippen LogP contribution in [0.3, 0.4) is 0 Å². The van der Waals surface area contributed by atoms with Gasteiger partial charge in [-0.1, -0.05) is 29.8 Å². The van der Waals surface area contributed by atoms with E-state index in [4.69, 9.17) is 16.3 Å². The van der Waals surface area contributed by atoms with Crippen molar-refractivity contribution in [2.75, 3.05) is 25.5 Å². The summed E-state index contributed by atoms with van der Waals surface area (Å²) in [6.07, 6.45) is 1.27. The monoisotopic (exact) mass is 408 g/mol. The molecule has 0 aliphatic carbocycles. The Labute approximate surface area is 164 Å². The second kappa shape index (κ2) is 8.29. The number of para-hydroxylation sites is 1. The first kappa shape index (κ1) is 19.7. The van der Waals surface area contributed by atoms with Gasteiger partial charge in [-0.05, 0) is 43.2 Å². The van der Waals surface area contributed by atoms with Gasteiger partial charge in [0.25, 0.3) is 0 Å². The molecule has 27 heavy (non-hydrogen) atoms. The maximum absolute atomic E-state index is 13.0. The molecule has 3 rings (SSSR count). The fourth-order valence-corrected chi connectivity index (χ4v) is 4.97. The van der Waals surface area contributed by atoms with Gasteiger partial charge in [0.15, 0.2) is 0 Å². The summed E-state index contributed by atoms with van der Waals surface area (Å²) in [6, 6.07) is 13.5. The number of ether oxygens (including phenoxy) is 1. The highest BCUT2D eigenvalue weighted by atomic mass is 35.5. The average Bonchev–Trinajstić information content (AvgIpc) is 2.68. The highest BCUT2D eigenvalue weighted by Crippen LogP contribution is 2.30. The lowest BCUT2D eigenvalue weighted by Gasteiger charge is -2.31. The van der Waals surface area contributed by atoms with Crippen LogP contribution in [0.1, 0.15) is 12.8 Å². The van der Waals surface area contributed by atoms with Crippen LogP contribution in [0.4, 0.5) is 5.69 Å². The molecular weight excluding hydrogens is 388 g/mol. The van der Waals surface area contributed by atoms with Crippen molar-refractivity contribution in [3.8, 4) is 5.75 Å². The Kier molecular flexibility index (Phi) is 6.04. The number of halogens is 1. The molecule has 0 saturated carbocycles. The van der Waals surface area contributed by atoms with Gasteiger partial charge in [0.2, 0.25) is 15.9 Å². The van der Waals surface area contributed by atoms with E-state index in [0.29, 0.717) is 30.8 Å². The Morgan fingerprint density at radius 1 is 1.22 bits per heavy atom. The molecule has 1 aliphatic heterocycles. The van der Waals surface area contributed by atoms with Crippen LogP contribution in [0.25, 0.3) is 0 Å². The van der Waals surface area contributed by atoms with E-state index < -0.39 is 15.9 Å². The molecular formula is C19H21ClN2O4S. The van der Waals surface area contributed by atoms with Crippen molar-refractivity contribution in [2.45, 2.75) is 17.7 Å². The first-order valence-corrected chi connectivity index (χ1v) is 10.4. The SMILES string of the molecule is COc1ccc(S(=O)(=O)N2CCCC(C(=O)Nc3ccccc3)C2)cc1Cl. The molecule has 1 amide bonds. The van der Waals surface area contributed by atoms with Crippen molar-refractivity contribution in [1.82, 2.24) is 4.31 Å². The summed E-state index contributed by atoms with van der Waals surface area (Å²) < 4.78 is 32.3. The van der Waals surface area contributed by atoms with Crippen LogP contribution in [0, 0.1) is 5.92 Å². The standard InChI is InChI=1S/C19H21ClN2O4S/c1-26-18-10-9-16(12-17(18)20)27(24,25)22-11-5-6-14(13-22)19(23)21-15-7-3-2-4-8-15/h2-4,7-10,12,14H,5-6,11,13H2,1H3,(H,21,23). The molecule has 0 aromatic heterocycles. The van der Waals surface area contributed by atoms with Gasteiger partial charge in [0, 0.05) is 18.8 Å². The Bertz CT molecular complexity index is 919. The molecule has 1 saturated heterocycles. The van der Waals surface area contributed by atoms with E-state index in [-0.39, 0.29) is 22.4 Å². The van der Waals surface area contributed by atoms with E-state index >= 15 is 0 Å². The molecule has 2 aromatic rings. The zero-order valence-corrected chi connectivity index (χ0v) is 16.5. The number of rotatable bonds is 5. The number of piperidine rings is 1.